The Bertz CT molecular complexity index is 3330. The van der Waals surface area contributed by atoms with Crippen molar-refractivity contribution in [2.75, 3.05) is 10.2 Å². The van der Waals surface area contributed by atoms with Crippen molar-refractivity contribution in [3.05, 3.63) is 228 Å². The van der Waals surface area contributed by atoms with Crippen LogP contribution in [0.25, 0.3) is 49.6 Å². The standard InChI is InChI=1S/C63H59N2P/c1-11-13-20-46(12-2)66-59-35-30-42(37-49(59)50-40-45(32-36-60(50)66)65-57-25-18-15-22-52(57)62(7,8)53-23-16-19-26-58(53)65)27-28-43-29-33-47-48-34-31-44(39-55(48)63(9,10)54(47)38-43)64-56-24-17-14-21-51(56)61(5,6)41(3)4/h11-40,64H,1,3H2,2,4-10H3/b20-13-,28-27+,46-12+. The zero-order chi connectivity index (χ0) is 46.1. The van der Waals surface area contributed by atoms with Gasteiger partial charge in [0.05, 0.1) is 11.4 Å². The maximum atomic E-state index is 4.31. The van der Waals surface area contributed by atoms with Gasteiger partial charge in [-0.3, -0.25) is 0 Å². The van der Waals surface area contributed by atoms with Crippen LogP contribution in [-0.4, -0.2) is 0 Å². The fourth-order valence-corrected chi connectivity index (χ4v) is 13.2. The number of rotatable bonds is 10. The van der Waals surface area contributed by atoms with Gasteiger partial charge in [0, 0.05) is 43.5 Å². The molecule has 326 valence electrons. The summed E-state index contributed by atoms with van der Waals surface area (Å²) in [4.78, 5) is 2.48. The first kappa shape index (κ1) is 43.1. The summed E-state index contributed by atoms with van der Waals surface area (Å²) in [5.41, 5.74) is 18.2. The average Bonchev–Trinajstić information content (AvgIpc) is 3.75. The lowest BCUT2D eigenvalue weighted by atomic mass is 9.73. The molecule has 1 N–H and O–H groups in total. The third-order valence-corrected chi connectivity index (χ3v) is 17.4. The largest absolute Gasteiger partial charge is 0.355 e. The minimum absolute atomic E-state index is 0.115. The minimum atomic E-state index is -0.756. The molecule has 1 atom stereocenters. The molecule has 0 bridgehead atoms. The smallest absolute Gasteiger partial charge is 0.0502 e. The molecule has 1 aliphatic carbocycles. The zero-order valence-electron chi connectivity index (χ0n) is 39.6. The normalized spacial score (nSPS) is 15.2. The Balaban J connectivity index is 1.02. The summed E-state index contributed by atoms with van der Waals surface area (Å²) < 4.78 is 0. The van der Waals surface area contributed by atoms with Crippen LogP contribution in [0.1, 0.15) is 94.3 Å². The van der Waals surface area contributed by atoms with Crippen molar-refractivity contribution in [1.29, 1.82) is 0 Å². The Morgan fingerprint density at radius 2 is 1.20 bits per heavy atom. The third kappa shape index (κ3) is 6.94. The van der Waals surface area contributed by atoms with Crippen LogP contribution in [0.3, 0.4) is 0 Å². The van der Waals surface area contributed by atoms with Crippen molar-refractivity contribution in [3.63, 3.8) is 0 Å². The zero-order valence-corrected chi connectivity index (χ0v) is 40.5. The topological polar surface area (TPSA) is 15.3 Å². The lowest BCUT2D eigenvalue weighted by Crippen LogP contribution is -2.30. The molecule has 2 heterocycles. The van der Waals surface area contributed by atoms with E-state index in [-0.39, 0.29) is 16.2 Å². The third-order valence-electron chi connectivity index (χ3n) is 14.7. The van der Waals surface area contributed by atoms with Gasteiger partial charge in [-0.1, -0.05) is 189 Å². The van der Waals surface area contributed by atoms with E-state index in [0.717, 1.165) is 16.9 Å². The molecule has 1 unspecified atom stereocenters. The van der Waals surface area contributed by atoms with Crippen molar-refractivity contribution in [3.8, 4) is 11.1 Å². The molecule has 0 radical (unpaired) electrons. The SMILES string of the molecule is C=C/C=C\C(=C/C)p1c2ccc(/C=C/c3ccc4c(c3)C(C)(C)c3cc(Nc5ccccc5C(C)(C)C(=C)C)ccc3-4)cc2c2cc(N3c4ccccc4C(C)(C)c4ccccc43)ccc21. The number of benzene rings is 7. The van der Waals surface area contributed by atoms with Gasteiger partial charge in [0.2, 0.25) is 0 Å². The number of fused-ring (bicyclic) bond motifs is 8. The Labute approximate surface area is 393 Å². The van der Waals surface area contributed by atoms with E-state index in [4.69, 9.17) is 0 Å². The average molecular weight is 875 g/mol. The second-order valence-electron chi connectivity index (χ2n) is 19.7. The van der Waals surface area contributed by atoms with Gasteiger partial charge in [-0.05, 0) is 141 Å². The first-order chi connectivity index (χ1) is 31.7. The quantitative estimate of drug-likeness (QED) is 0.0837. The van der Waals surface area contributed by atoms with Gasteiger partial charge in [0.1, 0.15) is 0 Å². The number of hydrogen-bond donors (Lipinski definition) is 1. The van der Waals surface area contributed by atoms with Crippen molar-refractivity contribution in [1.82, 2.24) is 0 Å². The van der Waals surface area contributed by atoms with Crippen molar-refractivity contribution >= 4 is 74.4 Å². The fraction of sp³-hybridized carbons (Fsp3) is 0.175. The summed E-state index contributed by atoms with van der Waals surface area (Å²) in [7, 11) is -0.756. The molecule has 0 fully saturated rings. The Morgan fingerprint density at radius 3 is 1.86 bits per heavy atom. The lowest BCUT2D eigenvalue weighted by Gasteiger charge is -2.42. The summed E-state index contributed by atoms with van der Waals surface area (Å²) in [5, 5.41) is 10.5. The second-order valence-corrected chi connectivity index (χ2v) is 21.9. The lowest BCUT2D eigenvalue weighted by molar-refractivity contribution is 0.628. The number of anilines is 5. The van der Waals surface area contributed by atoms with Crippen LogP contribution in [0.4, 0.5) is 28.4 Å². The highest BCUT2D eigenvalue weighted by molar-refractivity contribution is 7.71. The van der Waals surface area contributed by atoms with Crippen LogP contribution < -0.4 is 10.2 Å². The first-order valence-electron chi connectivity index (χ1n) is 23.3. The van der Waals surface area contributed by atoms with Crippen molar-refractivity contribution in [2.45, 2.75) is 71.6 Å². The van der Waals surface area contributed by atoms with Gasteiger partial charge in [-0.2, -0.15) is 0 Å². The molecule has 1 aromatic heterocycles. The van der Waals surface area contributed by atoms with E-state index in [0.29, 0.717) is 0 Å². The van der Waals surface area contributed by atoms with Crippen molar-refractivity contribution in [2.24, 2.45) is 0 Å². The van der Waals surface area contributed by atoms with Crippen LogP contribution in [0.15, 0.2) is 189 Å². The highest BCUT2D eigenvalue weighted by Crippen LogP contribution is 2.58. The molecule has 2 aliphatic rings. The number of allylic oxidation sites excluding steroid dienone is 6. The van der Waals surface area contributed by atoms with Gasteiger partial charge in [-0.25, -0.2) is 0 Å². The molecule has 0 amide bonds. The van der Waals surface area contributed by atoms with Gasteiger partial charge in [0.25, 0.3) is 0 Å². The number of nitrogens with one attached hydrogen (secondary N) is 1. The molecular formula is C63H59N2P. The van der Waals surface area contributed by atoms with E-state index in [9.17, 15) is 0 Å². The molecule has 7 aromatic carbocycles. The monoisotopic (exact) mass is 874 g/mol. The molecule has 0 saturated carbocycles. The summed E-state index contributed by atoms with van der Waals surface area (Å²) in [5.74, 6) is 0. The molecule has 66 heavy (non-hydrogen) atoms. The molecule has 0 spiro atoms. The maximum absolute atomic E-state index is 4.31. The van der Waals surface area contributed by atoms with Crippen molar-refractivity contribution < 1.29 is 0 Å². The number of nitrogens with zero attached hydrogens (tertiary/aromatic N) is 1. The van der Waals surface area contributed by atoms with Gasteiger partial charge in [-0.15, -0.1) is 0 Å². The highest BCUT2D eigenvalue weighted by Gasteiger charge is 2.38. The summed E-state index contributed by atoms with van der Waals surface area (Å²) in [6.07, 6.45) is 13.1. The number of hydrogen-bond acceptors (Lipinski definition) is 2. The van der Waals surface area contributed by atoms with E-state index >= 15 is 0 Å². The van der Waals surface area contributed by atoms with Gasteiger partial charge >= 0.3 is 0 Å². The predicted molar refractivity (Wildman–Crippen MR) is 291 cm³/mol. The second kappa shape index (κ2) is 16.2. The van der Waals surface area contributed by atoms with Crippen LogP contribution in [-0.2, 0) is 16.2 Å². The summed E-state index contributed by atoms with van der Waals surface area (Å²) >= 11 is 0. The maximum Gasteiger partial charge on any atom is 0.0502 e. The summed E-state index contributed by atoms with van der Waals surface area (Å²) in [6, 6.07) is 54.6. The molecule has 2 nitrogen and oxygen atoms in total. The van der Waals surface area contributed by atoms with E-state index in [1.807, 2.05) is 6.08 Å². The molecule has 10 rings (SSSR count). The Morgan fingerprint density at radius 1 is 0.636 bits per heavy atom. The number of para-hydroxylation sites is 3. The predicted octanol–water partition coefficient (Wildman–Crippen LogP) is 18.8. The molecule has 0 saturated heterocycles. The van der Waals surface area contributed by atoms with E-state index in [1.165, 1.54) is 93.5 Å². The molecule has 1 aliphatic heterocycles. The minimum Gasteiger partial charge on any atom is -0.355 e. The molecular weight excluding hydrogens is 816 g/mol. The van der Waals surface area contributed by atoms with E-state index in [2.05, 4.69) is 255 Å². The first-order valence-corrected chi connectivity index (χ1v) is 24.6. The van der Waals surface area contributed by atoms with Crippen LogP contribution in [0.2, 0.25) is 0 Å². The van der Waals surface area contributed by atoms with Gasteiger partial charge < -0.3 is 10.2 Å². The van der Waals surface area contributed by atoms with Crippen LogP contribution in [0.5, 0.6) is 0 Å². The summed E-state index contributed by atoms with van der Waals surface area (Å²) in [6.45, 7) is 26.5. The van der Waals surface area contributed by atoms with E-state index < -0.39 is 7.53 Å². The molecule has 3 heteroatoms. The van der Waals surface area contributed by atoms with Crippen LogP contribution >= 0.6 is 7.53 Å². The Hall–Kier alpha value is -6.86. The van der Waals surface area contributed by atoms with E-state index in [1.54, 1.807) is 0 Å². The van der Waals surface area contributed by atoms with Crippen LogP contribution in [0, 0.1) is 0 Å². The Kier molecular flexibility index (Phi) is 10.6. The molecule has 8 aromatic rings. The highest BCUT2D eigenvalue weighted by atomic mass is 31.1. The van der Waals surface area contributed by atoms with Gasteiger partial charge in [0.15, 0.2) is 0 Å². The fourth-order valence-electron chi connectivity index (χ4n) is 10.6.